The number of carbonyl (C=O) groups excluding carboxylic acids is 1. The van der Waals surface area contributed by atoms with Crippen molar-refractivity contribution in [3.05, 3.63) is 35.0 Å². The molecule has 1 fully saturated rings. The van der Waals surface area contributed by atoms with Crippen molar-refractivity contribution >= 4 is 22.9 Å². The van der Waals surface area contributed by atoms with Gasteiger partial charge in [-0.25, -0.2) is 5.01 Å². The van der Waals surface area contributed by atoms with Crippen LogP contribution in [0.1, 0.15) is 71.3 Å². The maximum atomic E-state index is 12.8. The van der Waals surface area contributed by atoms with E-state index in [9.17, 15) is 15.2 Å². The Balaban J connectivity index is 1.68. The fourth-order valence-electron chi connectivity index (χ4n) is 4.78. The smallest absolute Gasteiger partial charge is 0.161 e. The predicted molar refractivity (Wildman–Crippen MR) is 118 cm³/mol. The molecule has 1 heterocycles. The number of hydrazone groups is 1. The van der Waals surface area contributed by atoms with Crippen LogP contribution in [-0.4, -0.2) is 28.7 Å². The van der Waals surface area contributed by atoms with Crippen LogP contribution in [0.15, 0.2) is 34.6 Å². The lowest BCUT2D eigenvalue weighted by Crippen LogP contribution is -2.35. The van der Waals surface area contributed by atoms with Crippen molar-refractivity contribution in [3.8, 4) is 6.07 Å². The normalized spacial score (nSPS) is 26.0. The zero-order valence-electron chi connectivity index (χ0n) is 18.0. The molecule has 0 atom stereocenters. The summed E-state index contributed by atoms with van der Waals surface area (Å²) in [5.41, 5.74) is 4.94. The van der Waals surface area contributed by atoms with Gasteiger partial charge in [0.1, 0.15) is 6.07 Å². The summed E-state index contributed by atoms with van der Waals surface area (Å²) in [6.45, 7) is 6.21. The minimum absolute atomic E-state index is 0.0917. The van der Waals surface area contributed by atoms with Crippen molar-refractivity contribution in [1.82, 2.24) is 0 Å². The third-order valence-corrected chi connectivity index (χ3v) is 6.35. The maximum absolute atomic E-state index is 12.8. The summed E-state index contributed by atoms with van der Waals surface area (Å²) in [6, 6.07) is 8.23. The Morgan fingerprint density at radius 1 is 1.23 bits per heavy atom. The van der Waals surface area contributed by atoms with Gasteiger partial charge in [0, 0.05) is 30.2 Å². The molecule has 0 spiro atoms. The Hall–Kier alpha value is -2.65. The second-order valence-corrected chi connectivity index (χ2v) is 9.68. The number of anilines is 2. The van der Waals surface area contributed by atoms with E-state index in [2.05, 4.69) is 25.2 Å². The number of aliphatic hydroxyl groups excluding tert-OH is 1. The molecule has 0 unspecified atom stereocenters. The van der Waals surface area contributed by atoms with Crippen molar-refractivity contribution in [3.63, 3.8) is 0 Å². The van der Waals surface area contributed by atoms with Crippen LogP contribution >= 0.6 is 0 Å². The van der Waals surface area contributed by atoms with E-state index in [1.807, 2.05) is 30.1 Å². The Bertz CT molecular complexity index is 962. The molecule has 30 heavy (non-hydrogen) atoms. The quantitative estimate of drug-likeness (QED) is 0.771. The predicted octanol–water partition coefficient (Wildman–Crippen LogP) is 4.50. The molecule has 6 heteroatoms. The van der Waals surface area contributed by atoms with Crippen LogP contribution in [0.3, 0.4) is 0 Å². The molecule has 4 rings (SSSR count). The number of hydrogen-bond acceptors (Lipinski definition) is 6. The van der Waals surface area contributed by atoms with Gasteiger partial charge in [0.2, 0.25) is 0 Å². The summed E-state index contributed by atoms with van der Waals surface area (Å²) in [5.74, 6) is 0.216. The first kappa shape index (κ1) is 20.6. The molecule has 0 aromatic heterocycles. The Kier molecular flexibility index (Phi) is 5.42. The van der Waals surface area contributed by atoms with Crippen LogP contribution in [0.5, 0.6) is 0 Å². The molecule has 1 aliphatic heterocycles. The van der Waals surface area contributed by atoms with Gasteiger partial charge < -0.3 is 10.4 Å². The number of nitrogens with zero attached hydrogens (tertiary/aromatic N) is 3. The zero-order valence-corrected chi connectivity index (χ0v) is 18.0. The Labute approximate surface area is 178 Å². The van der Waals surface area contributed by atoms with E-state index >= 15 is 0 Å². The third-order valence-electron chi connectivity index (χ3n) is 6.35. The lowest BCUT2D eigenvalue weighted by molar-refractivity contribution is -0.118. The summed E-state index contributed by atoms with van der Waals surface area (Å²) in [5, 5.41) is 29.6. The second kappa shape index (κ2) is 7.88. The van der Waals surface area contributed by atoms with Gasteiger partial charge in [0.15, 0.2) is 5.78 Å². The van der Waals surface area contributed by atoms with Crippen LogP contribution in [0.2, 0.25) is 0 Å². The highest BCUT2D eigenvalue weighted by Crippen LogP contribution is 2.43. The van der Waals surface area contributed by atoms with Gasteiger partial charge in [-0.3, -0.25) is 4.79 Å². The van der Waals surface area contributed by atoms with Crippen molar-refractivity contribution < 1.29 is 9.90 Å². The van der Waals surface area contributed by atoms with Gasteiger partial charge in [-0.05, 0) is 62.6 Å². The maximum Gasteiger partial charge on any atom is 0.161 e. The number of carbonyl (C=O) groups is 1. The Morgan fingerprint density at radius 3 is 2.67 bits per heavy atom. The highest BCUT2D eigenvalue weighted by Gasteiger charge is 2.37. The van der Waals surface area contributed by atoms with E-state index in [1.165, 1.54) is 0 Å². The minimum atomic E-state index is -0.215. The first-order valence-electron chi connectivity index (χ1n) is 10.8. The highest BCUT2D eigenvalue weighted by molar-refractivity contribution is 6.05. The van der Waals surface area contributed by atoms with E-state index in [4.69, 9.17) is 5.10 Å². The third kappa shape index (κ3) is 4.13. The molecule has 1 saturated carbocycles. The number of ketones is 1. The molecule has 2 aliphatic carbocycles. The number of Topliss-reactive ketones (excluding diaryl/α,β-unsaturated/α-hetero) is 1. The van der Waals surface area contributed by atoms with Crippen LogP contribution in [0, 0.1) is 16.7 Å². The van der Waals surface area contributed by atoms with Gasteiger partial charge in [-0.2, -0.15) is 10.4 Å². The highest BCUT2D eigenvalue weighted by atomic mass is 16.3. The number of allylic oxidation sites excluding steroid dienone is 2. The lowest BCUT2D eigenvalue weighted by Gasteiger charge is -2.38. The van der Waals surface area contributed by atoms with Crippen LogP contribution in [0.25, 0.3) is 0 Å². The molecule has 0 amide bonds. The van der Waals surface area contributed by atoms with Crippen LogP contribution in [-0.2, 0) is 4.79 Å². The molecule has 0 bridgehead atoms. The number of nitriles is 1. The van der Waals surface area contributed by atoms with Gasteiger partial charge in [0.25, 0.3) is 0 Å². The molecule has 1 aromatic rings. The van der Waals surface area contributed by atoms with E-state index < -0.39 is 0 Å². The van der Waals surface area contributed by atoms with Crippen molar-refractivity contribution in [1.29, 1.82) is 5.26 Å². The molecule has 2 N–H and O–H groups in total. The molecule has 1 aromatic carbocycles. The summed E-state index contributed by atoms with van der Waals surface area (Å²) >= 11 is 0. The largest absolute Gasteiger partial charge is 0.393 e. The molecule has 3 aliphatic rings. The Morgan fingerprint density at radius 2 is 1.97 bits per heavy atom. The van der Waals surface area contributed by atoms with Crippen molar-refractivity contribution in [2.45, 2.75) is 77.9 Å². The number of nitrogens with one attached hydrogen (secondary N) is 1. The fraction of sp³-hybridized carbons (Fsp3) is 0.542. The average Bonchev–Trinajstić information content (AvgIpc) is 2.69. The first-order valence-corrected chi connectivity index (χ1v) is 10.8. The van der Waals surface area contributed by atoms with Gasteiger partial charge in [-0.1, -0.05) is 13.8 Å². The summed E-state index contributed by atoms with van der Waals surface area (Å²) in [4.78, 5) is 12.8. The lowest BCUT2D eigenvalue weighted by atomic mass is 9.74. The summed E-state index contributed by atoms with van der Waals surface area (Å²) < 4.78 is 0. The van der Waals surface area contributed by atoms with E-state index in [0.29, 0.717) is 18.4 Å². The minimum Gasteiger partial charge on any atom is -0.393 e. The molecular weight excluding hydrogens is 376 g/mol. The van der Waals surface area contributed by atoms with E-state index in [1.54, 1.807) is 0 Å². The first-order chi connectivity index (χ1) is 14.3. The van der Waals surface area contributed by atoms with Gasteiger partial charge >= 0.3 is 0 Å². The molecule has 6 nitrogen and oxygen atoms in total. The van der Waals surface area contributed by atoms with E-state index in [0.717, 1.165) is 60.5 Å². The van der Waals surface area contributed by atoms with Crippen LogP contribution < -0.4 is 10.3 Å². The molecule has 0 saturated heterocycles. The average molecular weight is 407 g/mol. The zero-order chi connectivity index (χ0) is 21.5. The number of rotatable bonds is 3. The number of aliphatic hydroxyl groups is 1. The van der Waals surface area contributed by atoms with Crippen molar-refractivity contribution in [2.24, 2.45) is 10.5 Å². The molecular formula is C24H30N4O2. The van der Waals surface area contributed by atoms with Crippen molar-refractivity contribution in [2.75, 3.05) is 10.3 Å². The molecule has 0 radical (unpaired) electrons. The SMILES string of the molecule is CC1=NN(c2ccc(C#N)c(N[C@H]3CC[C@H](O)CC3)c2)C2=C(C1)C(=O)CC(C)(C)C2. The van der Waals surface area contributed by atoms with Gasteiger partial charge in [0.05, 0.1) is 28.7 Å². The fourth-order valence-corrected chi connectivity index (χ4v) is 4.78. The summed E-state index contributed by atoms with van der Waals surface area (Å²) in [6.07, 6.45) is 5.10. The summed E-state index contributed by atoms with van der Waals surface area (Å²) in [7, 11) is 0. The second-order valence-electron chi connectivity index (χ2n) is 9.68. The monoisotopic (exact) mass is 406 g/mol. The van der Waals surface area contributed by atoms with Crippen LogP contribution in [0.4, 0.5) is 11.4 Å². The standard InChI is InChI=1S/C24H30N4O2/c1-15-10-20-22(12-24(2,3)13-23(20)30)28(27-15)18-7-4-16(14-25)21(11-18)26-17-5-8-19(29)9-6-17/h4,7,11,17,19,26,29H,5-6,8-10,12-13H2,1-3H3/t17-,19-. The topological polar surface area (TPSA) is 88.7 Å². The van der Waals surface area contributed by atoms with E-state index in [-0.39, 0.29) is 23.3 Å². The number of hydrogen-bond donors (Lipinski definition) is 2. The van der Waals surface area contributed by atoms with Gasteiger partial charge in [-0.15, -0.1) is 0 Å². The number of benzene rings is 1. The molecule has 158 valence electrons.